The van der Waals surface area contributed by atoms with Crippen molar-refractivity contribution in [3.8, 4) is 0 Å². The van der Waals surface area contributed by atoms with Crippen LogP contribution < -0.4 is 5.73 Å². The van der Waals surface area contributed by atoms with Gasteiger partial charge in [-0.15, -0.1) is 0 Å². The first-order valence-corrected chi connectivity index (χ1v) is 10.9. The lowest BCUT2D eigenvalue weighted by Crippen LogP contribution is -2.52. The summed E-state index contributed by atoms with van der Waals surface area (Å²) >= 11 is 6.26. The van der Waals surface area contributed by atoms with Gasteiger partial charge in [-0.25, -0.2) is 8.42 Å². The van der Waals surface area contributed by atoms with Crippen LogP contribution >= 0.6 is 11.6 Å². The zero-order chi connectivity index (χ0) is 19.9. The number of amides is 1. The summed E-state index contributed by atoms with van der Waals surface area (Å²) in [5.41, 5.74) is 5.35. The van der Waals surface area contributed by atoms with Crippen LogP contribution in [-0.4, -0.2) is 73.4 Å². The zero-order valence-electron chi connectivity index (χ0n) is 15.1. The first-order valence-electron chi connectivity index (χ1n) is 9.05. The van der Waals surface area contributed by atoms with Crippen molar-refractivity contribution in [3.05, 3.63) is 35.6 Å². The molecule has 2 atom stereocenters. The molecule has 0 bridgehead atoms. The van der Waals surface area contributed by atoms with Crippen LogP contribution in [0.3, 0.4) is 0 Å². The molecule has 2 saturated heterocycles. The largest absolute Gasteiger partial charge is 0.367 e. The summed E-state index contributed by atoms with van der Waals surface area (Å²) in [6.45, 7) is 2.20. The lowest BCUT2D eigenvalue weighted by Gasteiger charge is -2.35. The van der Waals surface area contributed by atoms with E-state index in [0.717, 1.165) is 0 Å². The van der Waals surface area contributed by atoms with Crippen LogP contribution in [-0.2, 0) is 19.6 Å². The molecule has 2 aliphatic heterocycles. The van der Waals surface area contributed by atoms with Gasteiger partial charge in [0.25, 0.3) is 0 Å². The number of sulfonamides is 1. The molecule has 1 amide bonds. The number of ether oxygens (including phenoxy) is 1. The number of hydrogen-bond donors (Lipinski definition) is 1. The molecule has 2 fully saturated rings. The summed E-state index contributed by atoms with van der Waals surface area (Å²) in [5.74, 6) is -0.494. The van der Waals surface area contributed by atoms with E-state index in [4.69, 9.17) is 22.1 Å². The molecule has 0 radical (unpaired) electrons. The normalized spacial score (nSPS) is 24.6. The van der Waals surface area contributed by atoms with Gasteiger partial charge in [0.1, 0.15) is 6.10 Å². The fourth-order valence-electron chi connectivity index (χ4n) is 3.91. The van der Waals surface area contributed by atoms with Crippen molar-refractivity contribution >= 4 is 38.3 Å². The number of halogens is 1. The number of aromatic nitrogens is 1. The highest BCUT2D eigenvalue weighted by molar-refractivity contribution is 7.89. The number of primary amides is 1. The number of hydrogen-bond acceptors (Lipinski definition) is 6. The first-order chi connectivity index (χ1) is 13.4. The number of nitrogens with zero attached hydrogens (tertiary/aromatic N) is 3. The SMILES string of the molecule is NC(=O)C1CN([C@H]2CCN(S(=O)(=O)c3cccc4cncc(Cl)c34)C2)CCO1. The van der Waals surface area contributed by atoms with Gasteiger partial charge in [-0.1, -0.05) is 23.7 Å². The standard InChI is InChI=1S/C18H21ClN4O4S/c19-14-9-21-8-12-2-1-3-16(17(12)14)28(25,26)23-5-4-13(10-23)22-6-7-27-15(11-22)18(20)24/h1-3,8-9,13,15H,4-7,10-11H2,(H2,20,24)/t13-,15?/m0/s1. The molecular formula is C18H21ClN4O4S. The third kappa shape index (κ3) is 3.48. The van der Waals surface area contributed by atoms with Gasteiger partial charge in [0, 0.05) is 55.4 Å². The van der Waals surface area contributed by atoms with Gasteiger partial charge in [-0.05, 0) is 12.5 Å². The molecule has 0 spiro atoms. The number of fused-ring (bicyclic) bond motifs is 1. The van der Waals surface area contributed by atoms with Gasteiger partial charge >= 0.3 is 0 Å². The fourth-order valence-corrected chi connectivity index (χ4v) is 5.96. The van der Waals surface area contributed by atoms with E-state index in [1.54, 1.807) is 24.4 Å². The van der Waals surface area contributed by atoms with Crippen molar-refractivity contribution in [2.75, 3.05) is 32.8 Å². The molecule has 2 N–H and O–H groups in total. The van der Waals surface area contributed by atoms with Crippen LogP contribution in [0.4, 0.5) is 0 Å². The van der Waals surface area contributed by atoms with Gasteiger partial charge in [-0.3, -0.25) is 14.7 Å². The predicted molar refractivity (Wildman–Crippen MR) is 104 cm³/mol. The molecule has 3 heterocycles. The Morgan fingerprint density at radius 3 is 2.86 bits per heavy atom. The van der Waals surface area contributed by atoms with Crippen LogP contribution in [0.25, 0.3) is 10.8 Å². The zero-order valence-corrected chi connectivity index (χ0v) is 16.7. The molecule has 8 nitrogen and oxygen atoms in total. The molecule has 28 heavy (non-hydrogen) atoms. The Balaban J connectivity index is 1.58. The lowest BCUT2D eigenvalue weighted by molar-refractivity contribution is -0.136. The highest BCUT2D eigenvalue weighted by atomic mass is 35.5. The van der Waals surface area contributed by atoms with E-state index in [1.807, 2.05) is 0 Å². The molecule has 2 aliphatic rings. The van der Waals surface area contributed by atoms with E-state index in [1.165, 1.54) is 10.5 Å². The third-order valence-corrected chi connectivity index (χ3v) is 7.57. The van der Waals surface area contributed by atoms with Crippen LogP contribution in [0, 0.1) is 0 Å². The van der Waals surface area contributed by atoms with E-state index >= 15 is 0 Å². The van der Waals surface area contributed by atoms with Crippen molar-refractivity contribution in [1.29, 1.82) is 0 Å². The smallest absolute Gasteiger partial charge is 0.247 e. The minimum Gasteiger partial charge on any atom is -0.367 e. The first kappa shape index (κ1) is 19.5. The van der Waals surface area contributed by atoms with Crippen molar-refractivity contribution in [3.63, 3.8) is 0 Å². The quantitative estimate of drug-likeness (QED) is 0.779. The van der Waals surface area contributed by atoms with E-state index in [2.05, 4.69) is 9.88 Å². The number of pyridine rings is 1. The highest BCUT2D eigenvalue weighted by Crippen LogP contribution is 2.32. The maximum Gasteiger partial charge on any atom is 0.247 e. The maximum atomic E-state index is 13.3. The average molecular weight is 425 g/mol. The number of benzene rings is 1. The van der Waals surface area contributed by atoms with Crippen LogP contribution in [0.2, 0.25) is 5.02 Å². The van der Waals surface area contributed by atoms with E-state index in [9.17, 15) is 13.2 Å². The molecule has 0 aliphatic carbocycles. The van der Waals surface area contributed by atoms with E-state index in [0.29, 0.717) is 55.0 Å². The average Bonchev–Trinajstić information content (AvgIpc) is 3.19. The summed E-state index contributed by atoms with van der Waals surface area (Å²) in [4.78, 5) is 17.7. The minimum absolute atomic E-state index is 0.0210. The van der Waals surface area contributed by atoms with Crippen molar-refractivity contribution < 1.29 is 17.9 Å². The van der Waals surface area contributed by atoms with Crippen LogP contribution in [0.5, 0.6) is 0 Å². The van der Waals surface area contributed by atoms with Gasteiger partial charge in [0.05, 0.1) is 16.5 Å². The van der Waals surface area contributed by atoms with Gasteiger partial charge in [0.2, 0.25) is 15.9 Å². The second-order valence-electron chi connectivity index (χ2n) is 7.04. The van der Waals surface area contributed by atoms with E-state index in [-0.39, 0.29) is 10.9 Å². The van der Waals surface area contributed by atoms with E-state index < -0.39 is 22.0 Å². The number of carbonyl (C=O) groups excluding carboxylic acids is 1. The van der Waals surface area contributed by atoms with Crippen LogP contribution in [0.1, 0.15) is 6.42 Å². The van der Waals surface area contributed by atoms with Crippen molar-refractivity contribution in [1.82, 2.24) is 14.2 Å². The Morgan fingerprint density at radius 2 is 2.07 bits per heavy atom. The summed E-state index contributed by atoms with van der Waals surface area (Å²) in [6, 6.07) is 5.08. The summed E-state index contributed by atoms with van der Waals surface area (Å²) in [5, 5.41) is 1.48. The Labute approximate surface area is 168 Å². The minimum atomic E-state index is -3.72. The van der Waals surface area contributed by atoms with Crippen molar-refractivity contribution in [2.24, 2.45) is 5.73 Å². The number of carbonyl (C=O) groups is 1. The van der Waals surface area contributed by atoms with Crippen molar-refractivity contribution in [2.45, 2.75) is 23.5 Å². The molecule has 1 aromatic heterocycles. The third-order valence-electron chi connectivity index (χ3n) is 5.37. The highest BCUT2D eigenvalue weighted by Gasteiger charge is 2.38. The van der Waals surface area contributed by atoms with Crippen LogP contribution in [0.15, 0.2) is 35.5 Å². The molecule has 150 valence electrons. The second-order valence-corrected chi connectivity index (χ2v) is 9.35. The maximum absolute atomic E-state index is 13.3. The van der Waals surface area contributed by atoms with Gasteiger partial charge in [0.15, 0.2) is 0 Å². The molecule has 1 unspecified atom stereocenters. The molecule has 4 rings (SSSR count). The summed E-state index contributed by atoms with van der Waals surface area (Å²) < 4.78 is 33.5. The Bertz CT molecular complexity index is 1010. The number of nitrogens with two attached hydrogens (primary N) is 1. The Hall–Kier alpha value is -1.78. The topological polar surface area (TPSA) is 106 Å². The number of rotatable bonds is 4. The second kappa shape index (κ2) is 7.57. The molecule has 1 aromatic carbocycles. The number of morpholine rings is 1. The predicted octanol–water partition coefficient (Wildman–Crippen LogP) is 0.837. The molecular weight excluding hydrogens is 404 g/mol. The Morgan fingerprint density at radius 1 is 1.25 bits per heavy atom. The summed E-state index contributed by atoms with van der Waals surface area (Å²) in [7, 11) is -3.72. The monoisotopic (exact) mass is 424 g/mol. The summed E-state index contributed by atoms with van der Waals surface area (Å²) in [6.07, 6.45) is 3.09. The van der Waals surface area contributed by atoms with Gasteiger partial charge in [-0.2, -0.15) is 4.31 Å². The molecule has 0 saturated carbocycles. The lowest BCUT2D eigenvalue weighted by atomic mass is 10.1. The Kier molecular flexibility index (Phi) is 5.28. The fraction of sp³-hybridized carbons (Fsp3) is 0.444. The molecule has 2 aromatic rings. The van der Waals surface area contributed by atoms with Gasteiger partial charge < -0.3 is 10.5 Å². The molecule has 10 heteroatoms.